The molecular formula is C26H31NO8S. The van der Waals surface area contributed by atoms with E-state index >= 15 is 0 Å². The van der Waals surface area contributed by atoms with Gasteiger partial charge in [0, 0.05) is 12.3 Å². The fraction of sp³-hybridized carbons (Fsp3) is 0.423. The molecule has 0 amide bonds. The van der Waals surface area contributed by atoms with Crippen LogP contribution in [0.25, 0.3) is 11.1 Å². The first-order valence-electron chi connectivity index (χ1n) is 11.5. The second-order valence-electron chi connectivity index (χ2n) is 9.84. The molecule has 0 fully saturated rings. The number of hydrogen-bond donors (Lipinski definition) is 2. The molecule has 1 aliphatic rings. The zero-order chi connectivity index (χ0) is 26.7. The lowest BCUT2D eigenvalue weighted by atomic mass is 9.96. The average Bonchev–Trinajstić information content (AvgIpc) is 3.12. The van der Waals surface area contributed by atoms with Crippen LogP contribution in [-0.4, -0.2) is 60.7 Å². The highest BCUT2D eigenvalue weighted by Gasteiger charge is 2.45. The first-order chi connectivity index (χ1) is 16.7. The maximum Gasteiger partial charge on any atom is 0.337 e. The molecule has 0 radical (unpaired) electrons. The Morgan fingerprint density at radius 3 is 1.97 bits per heavy atom. The standard InChI is InChI=1S/C26H31NO8S/c1-25(2,3)35-22(28)12-14-36(32,33)15-13-26(27,23(29)30)24(31)34-16-21-19-10-6-4-8-17(19)18-9-5-7-11-20(18)21/h4-11,21H,12-16,27H2,1-3H3,(H,29,30). The van der Waals surface area contributed by atoms with E-state index < -0.39 is 63.2 Å². The van der Waals surface area contributed by atoms with Crippen molar-refractivity contribution >= 4 is 27.7 Å². The van der Waals surface area contributed by atoms with Crippen molar-refractivity contribution in [1.29, 1.82) is 0 Å². The van der Waals surface area contributed by atoms with Gasteiger partial charge in [-0.2, -0.15) is 0 Å². The van der Waals surface area contributed by atoms with E-state index in [1.165, 1.54) is 0 Å². The number of esters is 2. The van der Waals surface area contributed by atoms with Crippen molar-refractivity contribution < 1.29 is 37.4 Å². The van der Waals surface area contributed by atoms with Gasteiger partial charge in [0.15, 0.2) is 9.84 Å². The molecule has 0 aromatic heterocycles. The Morgan fingerprint density at radius 1 is 0.944 bits per heavy atom. The van der Waals surface area contributed by atoms with E-state index in [1.807, 2.05) is 48.5 Å². The first-order valence-corrected chi connectivity index (χ1v) is 13.4. The minimum atomic E-state index is -3.89. The molecule has 0 bridgehead atoms. The number of sulfone groups is 1. The fourth-order valence-electron chi connectivity index (χ4n) is 4.07. The van der Waals surface area contributed by atoms with Gasteiger partial charge in [0.1, 0.15) is 12.2 Å². The lowest BCUT2D eigenvalue weighted by Crippen LogP contribution is -2.57. The molecule has 1 atom stereocenters. The highest BCUT2D eigenvalue weighted by Crippen LogP contribution is 2.44. The number of hydrogen-bond acceptors (Lipinski definition) is 8. The quantitative estimate of drug-likeness (QED) is 0.358. The van der Waals surface area contributed by atoms with Crippen LogP contribution < -0.4 is 5.73 Å². The summed E-state index contributed by atoms with van der Waals surface area (Å²) < 4.78 is 35.3. The van der Waals surface area contributed by atoms with Gasteiger partial charge >= 0.3 is 17.9 Å². The molecule has 1 unspecified atom stereocenters. The zero-order valence-electron chi connectivity index (χ0n) is 20.5. The number of aliphatic carboxylic acids is 1. The smallest absolute Gasteiger partial charge is 0.337 e. The fourth-order valence-corrected chi connectivity index (χ4v) is 5.39. The Labute approximate surface area is 210 Å². The summed E-state index contributed by atoms with van der Waals surface area (Å²) in [7, 11) is -3.89. The molecule has 9 nitrogen and oxygen atoms in total. The largest absolute Gasteiger partial charge is 0.479 e. The first kappa shape index (κ1) is 27.3. The number of carbonyl (C=O) groups excluding carboxylic acids is 2. The summed E-state index contributed by atoms with van der Waals surface area (Å²) in [6.45, 7) is 4.82. The van der Waals surface area contributed by atoms with Crippen molar-refractivity contribution in [3.8, 4) is 11.1 Å². The number of carboxylic acid groups (broad SMARTS) is 1. The number of ether oxygens (including phenoxy) is 2. The van der Waals surface area contributed by atoms with Crippen LogP contribution in [0.4, 0.5) is 0 Å². The SMILES string of the molecule is CC(C)(C)OC(=O)CCS(=O)(=O)CCC(N)(C(=O)O)C(=O)OCC1c2ccccc2-c2ccccc21. The van der Waals surface area contributed by atoms with Crippen LogP contribution in [0, 0.1) is 0 Å². The predicted molar refractivity (Wildman–Crippen MR) is 133 cm³/mol. The molecule has 0 spiro atoms. The van der Waals surface area contributed by atoms with Crippen molar-refractivity contribution in [3.05, 3.63) is 59.7 Å². The van der Waals surface area contributed by atoms with Crippen LogP contribution in [0.3, 0.4) is 0 Å². The molecule has 3 N–H and O–H groups in total. The summed E-state index contributed by atoms with van der Waals surface area (Å²) in [5.41, 5.74) is 6.44. The molecule has 2 aromatic carbocycles. The number of fused-ring (bicyclic) bond motifs is 3. The van der Waals surface area contributed by atoms with Crippen molar-refractivity contribution in [2.45, 2.75) is 50.7 Å². The van der Waals surface area contributed by atoms with Crippen molar-refractivity contribution in [2.75, 3.05) is 18.1 Å². The van der Waals surface area contributed by atoms with Crippen LogP contribution in [0.5, 0.6) is 0 Å². The van der Waals surface area contributed by atoms with E-state index in [2.05, 4.69) is 0 Å². The summed E-state index contributed by atoms with van der Waals surface area (Å²) in [5, 5.41) is 9.66. The van der Waals surface area contributed by atoms with Crippen molar-refractivity contribution in [1.82, 2.24) is 0 Å². The third-order valence-corrected chi connectivity index (χ3v) is 7.59. The molecule has 0 aliphatic heterocycles. The zero-order valence-corrected chi connectivity index (χ0v) is 21.3. The number of carboxylic acids is 1. The third kappa shape index (κ3) is 6.30. The van der Waals surface area contributed by atoms with E-state index in [1.54, 1.807) is 20.8 Å². The van der Waals surface area contributed by atoms with Crippen molar-refractivity contribution in [2.24, 2.45) is 5.73 Å². The van der Waals surface area contributed by atoms with E-state index in [-0.39, 0.29) is 12.5 Å². The Bertz CT molecular complexity index is 1220. The highest BCUT2D eigenvalue weighted by atomic mass is 32.2. The second kappa shape index (κ2) is 10.4. The van der Waals surface area contributed by atoms with E-state index in [0.717, 1.165) is 22.3 Å². The van der Waals surface area contributed by atoms with Gasteiger partial charge in [-0.05, 0) is 43.0 Å². The van der Waals surface area contributed by atoms with Crippen LogP contribution in [-0.2, 0) is 33.7 Å². The van der Waals surface area contributed by atoms with Gasteiger partial charge in [-0.15, -0.1) is 0 Å². The molecule has 36 heavy (non-hydrogen) atoms. The Balaban J connectivity index is 1.66. The second-order valence-corrected chi connectivity index (χ2v) is 12.1. The normalized spacial score (nSPS) is 14.9. The number of carbonyl (C=O) groups is 3. The number of nitrogens with two attached hydrogens (primary N) is 1. The molecule has 10 heteroatoms. The van der Waals surface area contributed by atoms with Gasteiger partial charge in [-0.1, -0.05) is 48.5 Å². The van der Waals surface area contributed by atoms with Crippen LogP contribution in [0.2, 0.25) is 0 Å². The van der Waals surface area contributed by atoms with Gasteiger partial charge in [-0.25, -0.2) is 18.0 Å². The summed E-state index contributed by atoms with van der Waals surface area (Å²) in [5.74, 6) is -5.18. The minimum Gasteiger partial charge on any atom is -0.479 e. The highest BCUT2D eigenvalue weighted by molar-refractivity contribution is 7.91. The monoisotopic (exact) mass is 517 g/mol. The summed E-state index contributed by atoms with van der Waals surface area (Å²) in [4.78, 5) is 36.6. The molecule has 194 valence electrons. The van der Waals surface area contributed by atoms with E-state index in [9.17, 15) is 27.9 Å². The lowest BCUT2D eigenvalue weighted by Gasteiger charge is -2.24. The van der Waals surface area contributed by atoms with Gasteiger partial charge in [-0.3, -0.25) is 4.79 Å². The third-order valence-electron chi connectivity index (χ3n) is 5.93. The van der Waals surface area contributed by atoms with Crippen LogP contribution >= 0.6 is 0 Å². The summed E-state index contributed by atoms with van der Waals surface area (Å²) in [6.07, 6.45) is -1.09. The molecule has 0 heterocycles. The molecular weight excluding hydrogens is 486 g/mol. The summed E-state index contributed by atoms with van der Waals surface area (Å²) in [6, 6.07) is 15.3. The Hall–Kier alpha value is -3.24. The molecule has 0 saturated heterocycles. The number of rotatable bonds is 10. The maximum atomic E-state index is 12.8. The topological polar surface area (TPSA) is 150 Å². The molecule has 2 aromatic rings. The Kier molecular flexibility index (Phi) is 7.90. The average molecular weight is 518 g/mol. The minimum absolute atomic E-state index is 0.148. The van der Waals surface area contributed by atoms with Crippen LogP contribution in [0.1, 0.15) is 50.7 Å². The van der Waals surface area contributed by atoms with Crippen LogP contribution in [0.15, 0.2) is 48.5 Å². The van der Waals surface area contributed by atoms with Gasteiger partial charge in [0.2, 0.25) is 5.54 Å². The van der Waals surface area contributed by atoms with Gasteiger partial charge in [0.25, 0.3) is 0 Å². The molecule has 3 rings (SSSR count). The Morgan fingerprint density at radius 2 is 1.47 bits per heavy atom. The predicted octanol–water partition coefficient (Wildman–Crippen LogP) is 2.66. The van der Waals surface area contributed by atoms with Gasteiger partial charge < -0.3 is 20.3 Å². The van der Waals surface area contributed by atoms with E-state index in [0.29, 0.717) is 0 Å². The molecule has 0 saturated carbocycles. The lowest BCUT2D eigenvalue weighted by molar-refractivity contribution is -0.161. The van der Waals surface area contributed by atoms with E-state index in [4.69, 9.17) is 15.2 Å². The van der Waals surface area contributed by atoms with Gasteiger partial charge in [0.05, 0.1) is 17.9 Å². The summed E-state index contributed by atoms with van der Waals surface area (Å²) >= 11 is 0. The number of benzene rings is 2. The van der Waals surface area contributed by atoms with Crippen molar-refractivity contribution in [3.63, 3.8) is 0 Å². The molecule has 1 aliphatic carbocycles. The maximum absolute atomic E-state index is 12.8.